The molecule has 3 nitrogen and oxygen atoms in total. The highest BCUT2D eigenvalue weighted by Crippen LogP contribution is 2.40. The summed E-state index contributed by atoms with van der Waals surface area (Å²) in [5, 5.41) is 13.2. The summed E-state index contributed by atoms with van der Waals surface area (Å²) in [5.74, 6) is -0.111. The third-order valence-corrected chi connectivity index (χ3v) is 4.03. The van der Waals surface area contributed by atoms with Crippen LogP contribution >= 0.6 is 28.3 Å². The molecule has 1 aromatic carbocycles. The largest absolute Gasteiger partial charge is 0.506 e. The zero-order valence-corrected chi connectivity index (χ0v) is 13.6. The molecule has 120 valence electrons. The van der Waals surface area contributed by atoms with Crippen LogP contribution < -0.4 is 5.32 Å². The molecule has 0 aromatic heterocycles. The molecule has 0 amide bonds. The van der Waals surface area contributed by atoms with Crippen molar-refractivity contribution in [2.24, 2.45) is 0 Å². The number of hydrogen-bond donors (Lipinski definition) is 2. The fourth-order valence-electron chi connectivity index (χ4n) is 2.45. The van der Waals surface area contributed by atoms with Crippen LogP contribution in [0, 0.1) is 0 Å². The lowest BCUT2D eigenvalue weighted by molar-refractivity contribution is -0.148. The van der Waals surface area contributed by atoms with E-state index in [2.05, 4.69) is 21.2 Å². The second kappa shape index (κ2) is 7.67. The molecule has 1 aliphatic heterocycles. The van der Waals surface area contributed by atoms with Crippen molar-refractivity contribution in [1.82, 2.24) is 10.2 Å². The van der Waals surface area contributed by atoms with Crippen LogP contribution in [0.2, 0.25) is 0 Å². The molecule has 8 heteroatoms. The molecule has 1 atom stereocenters. The zero-order valence-electron chi connectivity index (χ0n) is 11.2. The number of phenolic OH excluding ortho intramolecular Hbond substituents is 1. The molecule has 1 fully saturated rings. The molecule has 0 spiro atoms. The van der Waals surface area contributed by atoms with Gasteiger partial charge in [-0.15, -0.1) is 12.4 Å². The second-order valence-corrected chi connectivity index (χ2v) is 5.65. The second-order valence-electron chi connectivity index (χ2n) is 4.80. The first kappa shape index (κ1) is 18.5. The van der Waals surface area contributed by atoms with Gasteiger partial charge in [0.2, 0.25) is 0 Å². The Morgan fingerprint density at radius 2 is 1.90 bits per heavy atom. The number of halogens is 5. The minimum Gasteiger partial charge on any atom is -0.506 e. The van der Waals surface area contributed by atoms with Crippen molar-refractivity contribution in [1.29, 1.82) is 0 Å². The number of alkyl halides is 3. The smallest absolute Gasteiger partial charge is 0.390 e. The number of benzene rings is 1. The molecule has 1 aliphatic rings. The maximum Gasteiger partial charge on any atom is 0.390 e. The number of phenols is 1. The lowest BCUT2D eigenvalue weighted by Crippen LogP contribution is -2.46. The summed E-state index contributed by atoms with van der Waals surface area (Å²) in [6, 6.07) is 3.96. The highest BCUT2D eigenvalue weighted by molar-refractivity contribution is 9.10. The number of para-hydroxylation sites is 1. The van der Waals surface area contributed by atoms with Gasteiger partial charge in [0, 0.05) is 37.8 Å². The highest BCUT2D eigenvalue weighted by atomic mass is 79.9. The molecule has 1 heterocycles. The van der Waals surface area contributed by atoms with Crippen LogP contribution in [0.4, 0.5) is 13.2 Å². The van der Waals surface area contributed by atoms with Crippen LogP contribution in [0.5, 0.6) is 5.75 Å². The van der Waals surface area contributed by atoms with E-state index < -0.39 is 18.6 Å². The van der Waals surface area contributed by atoms with Crippen molar-refractivity contribution in [3.8, 4) is 5.75 Å². The Kier molecular flexibility index (Phi) is 6.77. The first-order valence-corrected chi connectivity index (χ1v) is 7.16. The molecule has 2 N–H and O–H groups in total. The third-order valence-electron chi connectivity index (χ3n) is 3.39. The number of rotatable bonds is 3. The van der Waals surface area contributed by atoms with E-state index in [1.807, 2.05) is 0 Å². The van der Waals surface area contributed by atoms with Gasteiger partial charge in [0.15, 0.2) is 0 Å². The molecular weight excluding hydrogens is 373 g/mol. The minimum atomic E-state index is -4.27. The van der Waals surface area contributed by atoms with E-state index in [0.29, 0.717) is 36.2 Å². The summed E-state index contributed by atoms with van der Waals surface area (Å²) >= 11 is 3.16. The van der Waals surface area contributed by atoms with Crippen LogP contribution in [0.15, 0.2) is 22.7 Å². The van der Waals surface area contributed by atoms with Crippen LogP contribution in [0.3, 0.4) is 0 Å². The van der Waals surface area contributed by atoms with E-state index >= 15 is 0 Å². The Morgan fingerprint density at radius 3 is 2.48 bits per heavy atom. The van der Waals surface area contributed by atoms with Crippen molar-refractivity contribution >= 4 is 28.3 Å². The number of piperazine rings is 1. The van der Waals surface area contributed by atoms with Gasteiger partial charge in [-0.25, -0.2) is 0 Å². The highest BCUT2D eigenvalue weighted by Gasteiger charge is 2.37. The Bertz CT molecular complexity index is 467. The van der Waals surface area contributed by atoms with E-state index in [4.69, 9.17) is 0 Å². The number of nitrogens with one attached hydrogen (secondary N) is 1. The van der Waals surface area contributed by atoms with Crippen LogP contribution in [0.1, 0.15) is 18.0 Å². The van der Waals surface area contributed by atoms with E-state index in [-0.39, 0.29) is 18.2 Å². The number of hydrogen-bond acceptors (Lipinski definition) is 3. The lowest BCUT2D eigenvalue weighted by Gasteiger charge is -2.36. The molecule has 1 saturated heterocycles. The summed E-state index contributed by atoms with van der Waals surface area (Å²) in [6.07, 6.45) is -5.23. The quantitative estimate of drug-likeness (QED) is 0.831. The summed E-state index contributed by atoms with van der Waals surface area (Å²) in [4.78, 5) is 1.77. The van der Waals surface area contributed by atoms with Gasteiger partial charge in [-0.3, -0.25) is 4.90 Å². The SMILES string of the molecule is Cl.Oc1c(Br)cccc1[C@H](CC(F)(F)F)N1CCNCC1. The molecule has 2 rings (SSSR count). The topological polar surface area (TPSA) is 35.5 Å². The number of nitrogens with zero attached hydrogens (tertiary/aromatic N) is 1. The first-order chi connectivity index (χ1) is 9.38. The zero-order chi connectivity index (χ0) is 14.8. The fourth-order valence-corrected chi connectivity index (χ4v) is 2.83. The van der Waals surface area contributed by atoms with E-state index in [0.717, 1.165) is 0 Å². The van der Waals surface area contributed by atoms with Crippen LogP contribution in [0.25, 0.3) is 0 Å². The molecule has 21 heavy (non-hydrogen) atoms. The van der Waals surface area contributed by atoms with E-state index in [1.54, 1.807) is 23.1 Å². The summed E-state index contributed by atoms with van der Waals surface area (Å²) in [5.41, 5.74) is 0.318. The summed E-state index contributed by atoms with van der Waals surface area (Å²) in [6.45, 7) is 2.38. The molecular formula is C13H17BrClF3N2O. The maximum atomic E-state index is 12.8. The van der Waals surface area contributed by atoms with E-state index in [1.165, 1.54) is 0 Å². The summed E-state index contributed by atoms with van der Waals surface area (Å²) < 4.78 is 38.9. The van der Waals surface area contributed by atoms with Gasteiger partial charge in [-0.2, -0.15) is 13.2 Å². The predicted octanol–water partition coefficient (Wildman–Crippen LogP) is 3.48. The van der Waals surface area contributed by atoms with Crippen molar-refractivity contribution in [2.45, 2.75) is 18.6 Å². The third kappa shape index (κ3) is 5.02. The first-order valence-electron chi connectivity index (χ1n) is 6.37. The lowest BCUT2D eigenvalue weighted by atomic mass is 10.00. The van der Waals surface area contributed by atoms with Gasteiger partial charge in [-0.1, -0.05) is 12.1 Å². The Balaban J connectivity index is 0.00000220. The summed E-state index contributed by atoms with van der Waals surface area (Å²) in [7, 11) is 0. The van der Waals surface area contributed by atoms with Gasteiger partial charge in [0.25, 0.3) is 0 Å². The van der Waals surface area contributed by atoms with Gasteiger partial charge < -0.3 is 10.4 Å². The van der Waals surface area contributed by atoms with Crippen LogP contribution in [-0.4, -0.2) is 42.4 Å². The van der Waals surface area contributed by atoms with Gasteiger partial charge in [0.05, 0.1) is 10.9 Å². The standard InChI is InChI=1S/C13H16BrF3N2O.ClH/c14-10-3-1-2-9(12(10)20)11(8-13(15,16)17)19-6-4-18-5-7-19;/h1-3,11,18,20H,4-8H2;1H/t11-;/m0./s1. The number of aromatic hydroxyl groups is 1. The molecule has 0 bridgehead atoms. The Hall–Kier alpha value is -0.500. The Morgan fingerprint density at radius 1 is 1.29 bits per heavy atom. The molecule has 0 unspecified atom stereocenters. The van der Waals surface area contributed by atoms with Crippen molar-refractivity contribution in [3.05, 3.63) is 28.2 Å². The maximum absolute atomic E-state index is 12.8. The fraction of sp³-hybridized carbons (Fsp3) is 0.538. The van der Waals surface area contributed by atoms with Crippen molar-refractivity contribution < 1.29 is 18.3 Å². The van der Waals surface area contributed by atoms with Gasteiger partial charge in [0.1, 0.15) is 5.75 Å². The Labute approximate surface area is 136 Å². The van der Waals surface area contributed by atoms with E-state index in [9.17, 15) is 18.3 Å². The molecule has 0 aliphatic carbocycles. The molecule has 1 aromatic rings. The average Bonchev–Trinajstić information content (AvgIpc) is 2.40. The van der Waals surface area contributed by atoms with Crippen molar-refractivity contribution in [3.63, 3.8) is 0 Å². The average molecular weight is 390 g/mol. The van der Waals surface area contributed by atoms with Crippen LogP contribution in [-0.2, 0) is 0 Å². The minimum absolute atomic E-state index is 0. The molecule has 0 saturated carbocycles. The molecule has 0 radical (unpaired) electrons. The predicted molar refractivity (Wildman–Crippen MR) is 80.9 cm³/mol. The van der Waals surface area contributed by atoms with Gasteiger partial charge in [-0.05, 0) is 22.0 Å². The van der Waals surface area contributed by atoms with Crippen molar-refractivity contribution in [2.75, 3.05) is 26.2 Å². The van der Waals surface area contributed by atoms with Gasteiger partial charge >= 0.3 is 6.18 Å². The normalized spacial score (nSPS) is 18.1. The monoisotopic (exact) mass is 388 g/mol.